The van der Waals surface area contributed by atoms with Gasteiger partial charge in [-0.3, -0.25) is 9.69 Å². The van der Waals surface area contributed by atoms with Crippen molar-refractivity contribution >= 4 is 35.2 Å². The molecule has 13 heteroatoms. The zero-order valence-electron chi connectivity index (χ0n) is 23.2. The number of hydrogen-bond acceptors (Lipinski definition) is 6. The Morgan fingerprint density at radius 2 is 1.73 bits per heavy atom. The fraction of sp³-hybridized carbons (Fsp3) is 0.464. The van der Waals surface area contributed by atoms with E-state index in [0.717, 1.165) is 12.8 Å². The number of piperidine rings is 2. The first kappa shape index (κ1) is 28.4. The summed E-state index contributed by atoms with van der Waals surface area (Å²) >= 11 is 0. The number of quaternary nitrogens is 1. The van der Waals surface area contributed by atoms with Gasteiger partial charge in [0.05, 0.1) is 43.9 Å². The standard InChI is InChI=1S/C28H30F3N6O4/c1-27(2,3)16-37(41-25(39)28(29,30)31)21-11-12-22(33-23(21)34(4)26(37)40)35-14-20-10-9-19(35)15-36(20)24(38)18-7-5-17(13-32)6-8-18/h5-8,11-12,19-20H,9-10,14-16H2,1-4H3/q+1/p+1. The molecule has 3 saturated heterocycles. The van der Waals surface area contributed by atoms with E-state index in [2.05, 4.69) is 9.88 Å². The van der Waals surface area contributed by atoms with Crippen LogP contribution in [-0.4, -0.2) is 67.7 Å². The average molecular weight is 573 g/mol. The van der Waals surface area contributed by atoms with E-state index in [1.165, 1.54) is 18.0 Å². The topological polar surface area (TPSA) is 108 Å². The summed E-state index contributed by atoms with van der Waals surface area (Å²) in [6.45, 7) is 6.01. The Morgan fingerprint density at radius 3 is 2.29 bits per heavy atom. The van der Waals surface area contributed by atoms with Crippen molar-refractivity contribution in [3.63, 3.8) is 0 Å². The maximum Gasteiger partial charge on any atom is 0.529 e. The molecular formula is C28H31F3N6O4+2. The number of nitrogens with zero attached hydrogens (tertiary/aromatic N) is 5. The predicted octanol–water partition coefficient (Wildman–Crippen LogP) is 3.81. The van der Waals surface area contributed by atoms with Crippen molar-refractivity contribution in [1.82, 2.24) is 9.55 Å². The van der Waals surface area contributed by atoms with Gasteiger partial charge in [0.15, 0.2) is 0 Å². The second-order valence-corrected chi connectivity index (χ2v) is 11.9. The molecular weight excluding hydrogens is 541 g/mol. The zero-order valence-corrected chi connectivity index (χ0v) is 23.2. The van der Waals surface area contributed by atoms with Gasteiger partial charge in [0.25, 0.3) is 11.6 Å². The number of piperazine rings is 1. The number of benzene rings is 1. The molecule has 2 aromatic rings. The number of anilines is 2. The molecule has 41 heavy (non-hydrogen) atoms. The summed E-state index contributed by atoms with van der Waals surface area (Å²) in [7, 11) is 1.42. The fourth-order valence-corrected chi connectivity index (χ4v) is 5.98. The molecule has 1 aromatic carbocycles. The summed E-state index contributed by atoms with van der Waals surface area (Å²) in [5.41, 5.74) is 0.406. The van der Waals surface area contributed by atoms with Crippen LogP contribution in [0.2, 0.25) is 0 Å². The molecule has 0 aliphatic carbocycles. The Balaban J connectivity index is 1.43. The number of amides is 3. The molecule has 10 nitrogen and oxygen atoms in total. The maximum atomic E-state index is 13.5. The number of rotatable bonds is 4. The van der Waals surface area contributed by atoms with Crippen LogP contribution >= 0.6 is 0 Å². The number of aromatic nitrogens is 1. The van der Waals surface area contributed by atoms with E-state index in [0.29, 0.717) is 30.0 Å². The minimum absolute atomic E-state index is 0.0316. The number of hydrogen-bond donors (Lipinski definition) is 0. The third-order valence-electron chi connectivity index (χ3n) is 7.74. The quantitative estimate of drug-likeness (QED) is 0.516. The van der Waals surface area contributed by atoms with Crippen LogP contribution in [-0.2, 0) is 9.63 Å². The molecule has 6 rings (SSSR count). The van der Waals surface area contributed by atoms with E-state index in [-0.39, 0.29) is 36.0 Å². The summed E-state index contributed by atoms with van der Waals surface area (Å²) in [5, 5.41) is 9.03. The van der Waals surface area contributed by atoms with E-state index >= 15 is 0 Å². The Morgan fingerprint density at radius 1 is 1.07 bits per heavy atom. The summed E-state index contributed by atoms with van der Waals surface area (Å²) < 4.78 is 38.5. The highest BCUT2D eigenvalue weighted by atomic mass is 19.4. The number of aromatic amines is 1. The Hall–Kier alpha value is -4.18. The number of halogens is 3. The number of alkyl halides is 3. The van der Waals surface area contributed by atoms with Crippen LogP contribution in [0.3, 0.4) is 0 Å². The molecule has 2 bridgehead atoms. The lowest BCUT2D eigenvalue weighted by Gasteiger charge is -2.49. The number of nitriles is 1. The Kier molecular flexibility index (Phi) is 6.73. The molecule has 3 amide bonds. The molecule has 3 atom stereocenters. The van der Waals surface area contributed by atoms with Gasteiger partial charge in [0, 0.05) is 27.8 Å². The third kappa shape index (κ3) is 4.97. The molecule has 4 aliphatic heterocycles. The summed E-state index contributed by atoms with van der Waals surface area (Å²) in [5.74, 6) is -1.68. The van der Waals surface area contributed by atoms with E-state index in [4.69, 9.17) is 10.1 Å². The van der Waals surface area contributed by atoms with Crippen LogP contribution in [0.25, 0.3) is 0 Å². The normalized spacial score (nSPS) is 23.9. The number of carbonyl (C=O) groups is 3. The van der Waals surface area contributed by atoms with Gasteiger partial charge in [-0.25, -0.2) is 14.6 Å². The van der Waals surface area contributed by atoms with E-state index in [1.54, 1.807) is 51.1 Å². The first-order valence-electron chi connectivity index (χ1n) is 13.3. The number of carbonyl (C=O) groups excluding carboxylic acids is 3. The molecule has 0 saturated carbocycles. The maximum absolute atomic E-state index is 13.5. The van der Waals surface area contributed by atoms with Crippen LogP contribution in [0.4, 0.5) is 35.3 Å². The highest BCUT2D eigenvalue weighted by Crippen LogP contribution is 2.44. The van der Waals surface area contributed by atoms with Crippen LogP contribution in [0, 0.1) is 16.7 Å². The summed E-state index contributed by atoms with van der Waals surface area (Å²) in [4.78, 5) is 52.0. The van der Waals surface area contributed by atoms with Gasteiger partial charge < -0.3 is 4.90 Å². The lowest BCUT2D eigenvalue weighted by atomic mass is 9.90. The minimum Gasteiger partial charge on any atom is -0.329 e. The Labute approximate surface area is 235 Å². The van der Waals surface area contributed by atoms with Gasteiger partial charge in [-0.2, -0.15) is 28.1 Å². The molecule has 4 aliphatic rings. The van der Waals surface area contributed by atoms with Crippen molar-refractivity contribution in [3.05, 3.63) is 47.5 Å². The third-order valence-corrected chi connectivity index (χ3v) is 7.74. The van der Waals surface area contributed by atoms with E-state index in [9.17, 15) is 27.6 Å². The van der Waals surface area contributed by atoms with Crippen molar-refractivity contribution in [2.24, 2.45) is 5.41 Å². The SMILES string of the molecule is CN1C(=O)[N+](CC(C)(C)C)(OC(=O)C(F)(F)F)c2ccc(N3CC4CCC3CN4C(=O)c3ccc(C#N)cc3)[nH+]c21. The summed E-state index contributed by atoms with van der Waals surface area (Å²) in [6, 6.07) is 10.8. The van der Waals surface area contributed by atoms with Crippen molar-refractivity contribution in [2.45, 2.75) is 51.9 Å². The number of pyridine rings is 1. The van der Waals surface area contributed by atoms with Gasteiger partial charge in [0.2, 0.25) is 5.82 Å². The number of fused-ring (bicyclic) bond motifs is 4. The largest absolute Gasteiger partial charge is 0.529 e. The molecule has 5 heterocycles. The van der Waals surface area contributed by atoms with Crippen LogP contribution in [0.1, 0.15) is 49.5 Å². The van der Waals surface area contributed by atoms with Gasteiger partial charge in [-0.1, -0.05) is 20.8 Å². The molecule has 3 fully saturated rings. The predicted molar refractivity (Wildman–Crippen MR) is 141 cm³/mol. The van der Waals surface area contributed by atoms with Crippen molar-refractivity contribution in [1.29, 1.82) is 5.26 Å². The number of H-pyrrole nitrogens is 1. The average Bonchev–Trinajstić information content (AvgIpc) is 3.12. The van der Waals surface area contributed by atoms with Crippen molar-refractivity contribution in [3.8, 4) is 6.07 Å². The highest BCUT2D eigenvalue weighted by Gasteiger charge is 2.64. The van der Waals surface area contributed by atoms with Crippen molar-refractivity contribution in [2.75, 3.05) is 36.5 Å². The lowest BCUT2D eigenvalue weighted by Crippen LogP contribution is -2.64. The smallest absolute Gasteiger partial charge is 0.329 e. The number of hydroxylamine groups is 2. The molecule has 1 aromatic heterocycles. The monoisotopic (exact) mass is 572 g/mol. The molecule has 0 spiro atoms. The van der Waals surface area contributed by atoms with Gasteiger partial charge >= 0.3 is 24.0 Å². The van der Waals surface area contributed by atoms with Gasteiger partial charge in [0.1, 0.15) is 6.54 Å². The summed E-state index contributed by atoms with van der Waals surface area (Å²) in [6.07, 6.45) is -3.64. The lowest BCUT2D eigenvalue weighted by molar-refractivity contribution is -0.349. The van der Waals surface area contributed by atoms with Gasteiger partial charge in [-0.15, -0.1) is 0 Å². The highest BCUT2D eigenvalue weighted by molar-refractivity contribution is 6.07. The molecule has 0 radical (unpaired) electrons. The van der Waals surface area contributed by atoms with Gasteiger partial charge in [-0.05, 0) is 37.1 Å². The van der Waals surface area contributed by atoms with E-state index in [1.807, 2.05) is 11.0 Å². The zero-order chi connectivity index (χ0) is 29.9. The second kappa shape index (κ2) is 9.73. The first-order valence-corrected chi connectivity index (χ1v) is 13.3. The Bertz CT molecular complexity index is 1450. The van der Waals surface area contributed by atoms with Crippen molar-refractivity contribution < 1.29 is 37.4 Å². The molecule has 216 valence electrons. The minimum atomic E-state index is -5.28. The number of nitrogens with one attached hydrogen (secondary N) is 1. The molecule has 1 N–H and O–H groups in total. The molecule has 3 unspecified atom stereocenters. The second-order valence-electron chi connectivity index (χ2n) is 11.9. The number of urea groups is 1. The fourth-order valence-electron chi connectivity index (χ4n) is 5.98. The van der Waals surface area contributed by atoms with Crippen LogP contribution in [0.5, 0.6) is 0 Å². The van der Waals surface area contributed by atoms with Crippen LogP contribution in [0.15, 0.2) is 36.4 Å². The first-order chi connectivity index (χ1) is 19.1. The van der Waals surface area contributed by atoms with E-state index < -0.39 is 28.2 Å². The van der Waals surface area contributed by atoms with Crippen LogP contribution < -0.4 is 19.4 Å².